The number of nitrogens with zero attached hydrogens (tertiary/aromatic N) is 3. The molecule has 0 unspecified atom stereocenters. The van der Waals surface area contributed by atoms with E-state index in [9.17, 15) is 4.79 Å². The first kappa shape index (κ1) is 13.5. The van der Waals surface area contributed by atoms with Gasteiger partial charge < -0.3 is 5.11 Å². The number of carboxylic acids is 1. The van der Waals surface area contributed by atoms with Gasteiger partial charge in [0.1, 0.15) is 0 Å². The van der Waals surface area contributed by atoms with Gasteiger partial charge in [-0.25, -0.2) is 0 Å². The van der Waals surface area contributed by atoms with E-state index in [1.165, 1.54) is 0 Å². The molecular weight excluding hydrogens is 242 g/mol. The molecule has 0 saturated heterocycles. The summed E-state index contributed by atoms with van der Waals surface area (Å²) in [5, 5.41) is 14.5. The Kier molecular flexibility index (Phi) is 3.85. The summed E-state index contributed by atoms with van der Waals surface area (Å²) in [5.41, 5.74) is 1.99. The molecule has 0 amide bonds. The normalized spacial score (nSPS) is 11.6. The molecule has 5 nitrogen and oxygen atoms in total. The van der Waals surface area contributed by atoms with E-state index in [0.29, 0.717) is 6.54 Å². The van der Waals surface area contributed by atoms with Crippen molar-refractivity contribution in [3.05, 3.63) is 30.0 Å². The van der Waals surface area contributed by atoms with E-state index >= 15 is 0 Å². The van der Waals surface area contributed by atoms with Crippen molar-refractivity contribution in [2.75, 3.05) is 6.54 Å². The molecule has 2 aromatic rings. The lowest BCUT2D eigenvalue weighted by atomic mass is 10.2. The molecule has 102 valence electrons. The number of hydrogen-bond donors (Lipinski definition) is 1. The highest BCUT2D eigenvalue weighted by molar-refractivity contribution is 5.81. The first-order valence-electron chi connectivity index (χ1n) is 6.35. The predicted octanol–water partition coefficient (Wildman–Crippen LogP) is 1.87. The number of aliphatic carboxylic acids is 1. The van der Waals surface area contributed by atoms with Crippen LogP contribution in [0.4, 0.5) is 0 Å². The molecule has 1 aromatic carbocycles. The van der Waals surface area contributed by atoms with Gasteiger partial charge in [-0.1, -0.05) is 18.2 Å². The van der Waals surface area contributed by atoms with E-state index in [1.807, 2.05) is 54.7 Å². The van der Waals surface area contributed by atoms with Crippen molar-refractivity contribution in [3.8, 4) is 0 Å². The van der Waals surface area contributed by atoms with Gasteiger partial charge in [-0.2, -0.15) is 5.10 Å². The Bertz CT molecular complexity index is 589. The summed E-state index contributed by atoms with van der Waals surface area (Å²) in [6.45, 7) is 4.57. The minimum atomic E-state index is -0.811. The third-order valence-corrected chi connectivity index (χ3v) is 3.26. The molecule has 0 atom stereocenters. The Morgan fingerprint density at radius 3 is 2.74 bits per heavy atom. The standard InChI is InChI=1S/C14H19N3O2/c1-10(2)17(9-14(18)19)8-12-11-6-4-5-7-13(11)16(3)15-12/h4-7,10H,8-9H2,1-3H3,(H,18,19). The fourth-order valence-corrected chi connectivity index (χ4v) is 2.19. The largest absolute Gasteiger partial charge is 0.480 e. The van der Waals surface area contributed by atoms with Crippen LogP contribution in [0.25, 0.3) is 10.9 Å². The van der Waals surface area contributed by atoms with Crippen molar-refractivity contribution in [2.45, 2.75) is 26.4 Å². The minimum absolute atomic E-state index is 0.0303. The van der Waals surface area contributed by atoms with Crippen LogP contribution in [0.3, 0.4) is 0 Å². The van der Waals surface area contributed by atoms with Gasteiger partial charge in [0.25, 0.3) is 0 Å². The highest BCUT2D eigenvalue weighted by atomic mass is 16.4. The van der Waals surface area contributed by atoms with Crippen LogP contribution in [0.2, 0.25) is 0 Å². The fourth-order valence-electron chi connectivity index (χ4n) is 2.19. The Morgan fingerprint density at radius 1 is 1.42 bits per heavy atom. The van der Waals surface area contributed by atoms with Crippen LogP contribution in [0.1, 0.15) is 19.5 Å². The SMILES string of the molecule is CC(C)N(CC(=O)O)Cc1nn(C)c2ccccc12. The summed E-state index contributed by atoms with van der Waals surface area (Å²) in [6.07, 6.45) is 0. The van der Waals surface area contributed by atoms with Crippen molar-refractivity contribution in [2.24, 2.45) is 7.05 Å². The van der Waals surface area contributed by atoms with Crippen molar-refractivity contribution < 1.29 is 9.90 Å². The Hall–Kier alpha value is -1.88. The Morgan fingerprint density at radius 2 is 2.11 bits per heavy atom. The number of benzene rings is 1. The van der Waals surface area contributed by atoms with E-state index < -0.39 is 5.97 Å². The van der Waals surface area contributed by atoms with Gasteiger partial charge >= 0.3 is 5.97 Å². The topological polar surface area (TPSA) is 58.4 Å². The summed E-state index contributed by atoms with van der Waals surface area (Å²) in [4.78, 5) is 12.8. The average molecular weight is 261 g/mol. The summed E-state index contributed by atoms with van der Waals surface area (Å²) >= 11 is 0. The van der Waals surface area contributed by atoms with E-state index in [4.69, 9.17) is 5.11 Å². The lowest BCUT2D eigenvalue weighted by molar-refractivity contribution is -0.138. The third-order valence-electron chi connectivity index (χ3n) is 3.26. The summed E-state index contributed by atoms with van der Waals surface area (Å²) in [6, 6.07) is 8.16. The highest BCUT2D eigenvalue weighted by Crippen LogP contribution is 2.19. The molecule has 0 aliphatic heterocycles. The molecule has 0 spiro atoms. The van der Waals surface area contributed by atoms with Crippen LogP contribution < -0.4 is 0 Å². The molecule has 0 radical (unpaired) electrons. The number of para-hydroxylation sites is 1. The molecule has 0 aliphatic carbocycles. The third kappa shape index (κ3) is 2.93. The maximum Gasteiger partial charge on any atom is 0.317 e. The van der Waals surface area contributed by atoms with Gasteiger partial charge in [-0.05, 0) is 19.9 Å². The summed E-state index contributed by atoms with van der Waals surface area (Å²) < 4.78 is 1.84. The smallest absolute Gasteiger partial charge is 0.317 e. The van der Waals surface area contributed by atoms with Crippen LogP contribution in [0.5, 0.6) is 0 Å². The van der Waals surface area contributed by atoms with E-state index in [0.717, 1.165) is 16.6 Å². The van der Waals surface area contributed by atoms with Gasteiger partial charge in [0, 0.05) is 25.0 Å². The predicted molar refractivity (Wildman–Crippen MR) is 73.9 cm³/mol. The van der Waals surface area contributed by atoms with E-state index in [1.54, 1.807) is 0 Å². The quantitative estimate of drug-likeness (QED) is 0.892. The summed E-state index contributed by atoms with van der Waals surface area (Å²) in [5.74, 6) is -0.811. The lowest BCUT2D eigenvalue weighted by Crippen LogP contribution is -2.35. The van der Waals surface area contributed by atoms with Gasteiger partial charge in [0.2, 0.25) is 0 Å². The van der Waals surface area contributed by atoms with Crippen LogP contribution in [-0.2, 0) is 18.4 Å². The van der Waals surface area contributed by atoms with Gasteiger partial charge in [0.15, 0.2) is 0 Å². The second kappa shape index (κ2) is 5.40. The maximum atomic E-state index is 10.9. The van der Waals surface area contributed by atoms with Gasteiger partial charge in [-0.15, -0.1) is 0 Å². The molecule has 1 aromatic heterocycles. The van der Waals surface area contributed by atoms with E-state index in [-0.39, 0.29) is 12.6 Å². The molecule has 5 heteroatoms. The molecule has 0 aliphatic rings. The zero-order valence-corrected chi connectivity index (χ0v) is 11.5. The zero-order valence-electron chi connectivity index (χ0n) is 11.5. The van der Waals surface area contributed by atoms with Crippen LogP contribution in [0, 0.1) is 0 Å². The number of rotatable bonds is 5. The summed E-state index contributed by atoms with van der Waals surface area (Å²) in [7, 11) is 1.91. The number of aryl methyl sites for hydroxylation is 1. The molecule has 1 N–H and O–H groups in total. The number of hydrogen-bond acceptors (Lipinski definition) is 3. The molecular formula is C14H19N3O2. The number of aromatic nitrogens is 2. The lowest BCUT2D eigenvalue weighted by Gasteiger charge is -2.23. The van der Waals surface area contributed by atoms with Gasteiger partial charge in [-0.3, -0.25) is 14.4 Å². The number of fused-ring (bicyclic) bond motifs is 1. The monoisotopic (exact) mass is 261 g/mol. The van der Waals surface area contributed by atoms with Crippen molar-refractivity contribution in [1.29, 1.82) is 0 Å². The minimum Gasteiger partial charge on any atom is -0.480 e. The van der Waals surface area contributed by atoms with Crippen molar-refractivity contribution >= 4 is 16.9 Å². The van der Waals surface area contributed by atoms with Gasteiger partial charge in [0.05, 0.1) is 17.8 Å². The zero-order chi connectivity index (χ0) is 14.0. The molecule has 0 saturated carbocycles. The first-order chi connectivity index (χ1) is 8.99. The Labute approximate surface area is 112 Å². The fraction of sp³-hybridized carbons (Fsp3) is 0.429. The second-order valence-electron chi connectivity index (χ2n) is 4.98. The average Bonchev–Trinajstić information content (AvgIpc) is 2.66. The molecule has 0 bridgehead atoms. The maximum absolute atomic E-state index is 10.9. The highest BCUT2D eigenvalue weighted by Gasteiger charge is 2.17. The van der Waals surface area contributed by atoms with Crippen molar-refractivity contribution in [1.82, 2.24) is 14.7 Å². The molecule has 2 rings (SSSR count). The second-order valence-corrected chi connectivity index (χ2v) is 4.98. The Balaban J connectivity index is 2.31. The van der Waals surface area contributed by atoms with E-state index in [2.05, 4.69) is 5.10 Å². The van der Waals surface area contributed by atoms with Crippen LogP contribution in [-0.4, -0.2) is 38.3 Å². The molecule has 19 heavy (non-hydrogen) atoms. The molecule has 0 fully saturated rings. The van der Waals surface area contributed by atoms with Crippen molar-refractivity contribution in [3.63, 3.8) is 0 Å². The van der Waals surface area contributed by atoms with Crippen LogP contribution >= 0.6 is 0 Å². The number of carbonyl (C=O) groups is 1. The molecule has 1 heterocycles. The first-order valence-corrected chi connectivity index (χ1v) is 6.35. The number of carboxylic acid groups (broad SMARTS) is 1. The van der Waals surface area contributed by atoms with Crippen LogP contribution in [0.15, 0.2) is 24.3 Å².